The monoisotopic (exact) mass is 798 g/mol. The molecule has 1 rings (SSSR count). The first-order chi connectivity index (χ1) is 26.0. The van der Waals surface area contributed by atoms with Gasteiger partial charge in [-0.05, 0) is 53.4 Å². The second-order valence-electron chi connectivity index (χ2n) is 13.0. The Kier molecular flexibility index (Phi) is 19.4. The zero-order valence-corrected chi connectivity index (χ0v) is 31.2. The van der Waals surface area contributed by atoms with Gasteiger partial charge in [-0.1, -0.05) is 0 Å². The molecule has 1 aliphatic rings. The molecule has 0 spiro atoms. The van der Waals surface area contributed by atoms with E-state index in [4.69, 9.17) is 11.5 Å². The summed E-state index contributed by atoms with van der Waals surface area (Å²) in [5.41, 5.74) is 10.4. The molecule has 0 aromatic rings. The van der Waals surface area contributed by atoms with Crippen LogP contribution in [0, 0.1) is 0 Å². The van der Waals surface area contributed by atoms with Gasteiger partial charge in [0, 0.05) is 25.7 Å². The van der Waals surface area contributed by atoms with E-state index in [2.05, 4.69) is 42.5 Å². The van der Waals surface area contributed by atoms with Crippen molar-refractivity contribution in [3.05, 3.63) is 0 Å². The highest BCUT2D eigenvalue weighted by atomic mass is 16.4. The van der Waals surface area contributed by atoms with Crippen LogP contribution in [0.25, 0.3) is 0 Å². The molecule has 0 aromatic heterocycles. The standard InChI is InChI=1S/C32H50N10O14/c1-13-25(49)39-17(5-9-21(33)43)29(53)35-16(4)28(52)42-20(8-12-24(47)48)32(56)38-14(2)26(50)40-18(6-10-22(34)44)30(54)36-15(3)27(51)41-19(31(55)37-13)7-11-23(45)46/h13-20H,5-12H2,1-4H3,(H2,33,43)(H2,34,44)(H,35,53)(H,36,54)(H,37,55)(H,38,56)(H,39,49)(H,40,50)(H,41,51)(H,42,52)(H,45,46)(H,47,48)/t13-,14-,15-,16-,17+,18+,19+,20+/m1/s1. The van der Waals surface area contributed by atoms with Crippen molar-refractivity contribution in [1.82, 2.24) is 42.5 Å². The van der Waals surface area contributed by atoms with Crippen LogP contribution in [0.1, 0.15) is 79.1 Å². The van der Waals surface area contributed by atoms with Gasteiger partial charge < -0.3 is 64.2 Å². The number of amides is 10. The zero-order chi connectivity index (χ0) is 42.9. The lowest BCUT2D eigenvalue weighted by atomic mass is 10.1. The lowest BCUT2D eigenvalue weighted by Gasteiger charge is -2.27. The first-order valence-corrected chi connectivity index (χ1v) is 17.4. The van der Waals surface area contributed by atoms with Gasteiger partial charge in [0.05, 0.1) is 0 Å². The van der Waals surface area contributed by atoms with Gasteiger partial charge in [0.1, 0.15) is 48.3 Å². The Morgan fingerprint density at radius 3 is 0.768 bits per heavy atom. The predicted octanol–water partition coefficient (Wildman–Crippen LogP) is -5.78. The first kappa shape index (κ1) is 47.7. The molecule has 0 saturated carbocycles. The molecule has 0 unspecified atom stereocenters. The highest BCUT2D eigenvalue weighted by Gasteiger charge is 2.33. The number of carbonyl (C=O) groups is 12. The van der Waals surface area contributed by atoms with E-state index in [9.17, 15) is 67.7 Å². The third kappa shape index (κ3) is 17.2. The topological polar surface area (TPSA) is 394 Å². The summed E-state index contributed by atoms with van der Waals surface area (Å²) in [6.45, 7) is 4.72. The summed E-state index contributed by atoms with van der Waals surface area (Å²) in [7, 11) is 0. The van der Waals surface area contributed by atoms with Crippen molar-refractivity contribution in [1.29, 1.82) is 0 Å². The molecular weight excluding hydrogens is 748 g/mol. The van der Waals surface area contributed by atoms with Gasteiger partial charge >= 0.3 is 11.9 Å². The number of nitrogens with two attached hydrogens (primary N) is 2. The molecular formula is C32H50N10O14. The van der Waals surface area contributed by atoms with Crippen molar-refractivity contribution in [2.75, 3.05) is 0 Å². The van der Waals surface area contributed by atoms with Crippen molar-refractivity contribution in [3.8, 4) is 0 Å². The van der Waals surface area contributed by atoms with Crippen LogP contribution < -0.4 is 54.0 Å². The summed E-state index contributed by atoms with van der Waals surface area (Å²) in [4.78, 5) is 151. The second-order valence-corrected chi connectivity index (χ2v) is 13.0. The van der Waals surface area contributed by atoms with Crippen LogP contribution in [-0.2, 0) is 57.5 Å². The molecule has 0 aliphatic carbocycles. The van der Waals surface area contributed by atoms with E-state index >= 15 is 0 Å². The molecule has 312 valence electrons. The maximum absolute atomic E-state index is 13.2. The molecule has 14 N–H and O–H groups in total. The Labute approximate surface area is 320 Å². The number of primary amides is 2. The Hall–Kier alpha value is -6.36. The maximum Gasteiger partial charge on any atom is 0.303 e. The number of rotatable bonds is 12. The van der Waals surface area contributed by atoms with Crippen molar-refractivity contribution >= 4 is 71.0 Å². The molecule has 1 aliphatic heterocycles. The molecule has 1 heterocycles. The Morgan fingerprint density at radius 1 is 0.393 bits per heavy atom. The zero-order valence-electron chi connectivity index (χ0n) is 31.2. The van der Waals surface area contributed by atoms with E-state index in [0.717, 1.165) is 0 Å². The predicted molar refractivity (Wildman–Crippen MR) is 189 cm³/mol. The van der Waals surface area contributed by atoms with Gasteiger partial charge in [-0.25, -0.2) is 0 Å². The third-order valence-corrected chi connectivity index (χ3v) is 8.19. The average molecular weight is 799 g/mol. The molecule has 10 amide bonds. The number of carboxylic acid groups (broad SMARTS) is 2. The normalized spacial score (nSPS) is 26.6. The Bertz CT molecular complexity index is 1330. The van der Waals surface area contributed by atoms with Crippen LogP contribution in [0.5, 0.6) is 0 Å². The number of hydrogen-bond donors (Lipinski definition) is 12. The molecule has 1 saturated heterocycles. The van der Waals surface area contributed by atoms with E-state index in [1.807, 2.05) is 0 Å². The van der Waals surface area contributed by atoms with Gasteiger partial charge in [0.2, 0.25) is 59.1 Å². The largest absolute Gasteiger partial charge is 0.481 e. The molecule has 24 heteroatoms. The van der Waals surface area contributed by atoms with Gasteiger partial charge in [-0.15, -0.1) is 0 Å². The van der Waals surface area contributed by atoms with E-state index in [0.29, 0.717) is 0 Å². The quantitative estimate of drug-likeness (QED) is 0.0876. The van der Waals surface area contributed by atoms with Gasteiger partial charge in [-0.2, -0.15) is 0 Å². The summed E-state index contributed by atoms with van der Waals surface area (Å²) in [6, 6.07) is -12.0. The number of carboxylic acids is 2. The summed E-state index contributed by atoms with van der Waals surface area (Å²) < 4.78 is 0. The number of nitrogens with one attached hydrogen (secondary N) is 8. The molecule has 56 heavy (non-hydrogen) atoms. The van der Waals surface area contributed by atoms with E-state index < -0.39 is 158 Å². The first-order valence-electron chi connectivity index (χ1n) is 17.4. The van der Waals surface area contributed by atoms with Crippen molar-refractivity contribution < 1.29 is 67.7 Å². The maximum atomic E-state index is 13.2. The van der Waals surface area contributed by atoms with Crippen LogP contribution in [0.4, 0.5) is 0 Å². The average Bonchev–Trinajstić information content (AvgIpc) is 3.10. The summed E-state index contributed by atoms with van der Waals surface area (Å²) in [5, 5.41) is 36.8. The second kappa shape index (κ2) is 22.8. The Balaban J connectivity index is 3.62. The van der Waals surface area contributed by atoms with Crippen LogP contribution in [-0.4, -0.2) is 130 Å². The lowest BCUT2D eigenvalue weighted by molar-refractivity contribution is -0.139. The summed E-state index contributed by atoms with van der Waals surface area (Å²) in [5.74, 6) is -12.5. The van der Waals surface area contributed by atoms with Gasteiger partial charge in [-0.3, -0.25) is 57.5 Å². The minimum absolute atomic E-state index is 0.379. The Morgan fingerprint density at radius 2 is 0.589 bits per heavy atom. The lowest BCUT2D eigenvalue weighted by Crippen LogP contribution is -2.60. The van der Waals surface area contributed by atoms with E-state index in [1.54, 1.807) is 0 Å². The van der Waals surface area contributed by atoms with Crippen molar-refractivity contribution in [2.24, 2.45) is 11.5 Å². The summed E-state index contributed by atoms with van der Waals surface area (Å²) in [6.07, 6.45) is -3.83. The number of hydrogen-bond acceptors (Lipinski definition) is 12. The third-order valence-electron chi connectivity index (χ3n) is 8.19. The highest BCUT2D eigenvalue weighted by Crippen LogP contribution is 2.06. The van der Waals surface area contributed by atoms with Crippen LogP contribution in [0.3, 0.4) is 0 Å². The van der Waals surface area contributed by atoms with Crippen LogP contribution in [0.2, 0.25) is 0 Å². The molecule has 1 fully saturated rings. The molecule has 0 bridgehead atoms. The van der Waals surface area contributed by atoms with Gasteiger partial charge in [0.15, 0.2) is 0 Å². The molecule has 24 nitrogen and oxygen atoms in total. The smallest absolute Gasteiger partial charge is 0.303 e. The van der Waals surface area contributed by atoms with Crippen molar-refractivity contribution in [2.45, 2.75) is 127 Å². The summed E-state index contributed by atoms with van der Waals surface area (Å²) >= 11 is 0. The minimum atomic E-state index is -1.58. The number of carbonyl (C=O) groups excluding carboxylic acids is 10. The van der Waals surface area contributed by atoms with Crippen molar-refractivity contribution in [3.63, 3.8) is 0 Å². The van der Waals surface area contributed by atoms with Crippen LogP contribution >= 0.6 is 0 Å². The van der Waals surface area contributed by atoms with Crippen LogP contribution in [0.15, 0.2) is 0 Å². The SMILES string of the molecule is C[C@H]1NC(=O)[C@H](CCC(N)=O)NC(=O)[C@@H](C)NC(=O)[C@H](CCC(=O)O)NC(=O)[C@@H](C)NC(=O)[C@H](CCC(N)=O)NC(=O)[C@@H](C)NC(=O)[C@H](CCC(=O)O)NC1=O. The molecule has 0 radical (unpaired) electrons. The van der Waals surface area contributed by atoms with Gasteiger partial charge in [0.25, 0.3) is 0 Å². The molecule has 8 atom stereocenters. The minimum Gasteiger partial charge on any atom is -0.481 e. The fraction of sp³-hybridized carbons (Fsp3) is 0.625. The number of aliphatic carboxylic acids is 2. The fourth-order valence-electron chi connectivity index (χ4n) is 4.89. The highest BCUT2D eigenvalue weighted by molar-refractivity contribution is 5.99. The molecule has 0 aromatic carbocycles. The fourth-order valence-corrected chi connectivity index (χ4v) is 4.89. The van der Waals surface area contributed by atoms with E-state index in [1.165, 1.54) is 27.7 Å². The van der Waals surface area contributed by atoms with E-state index in [-0.39, 0.29) is 12.8 Å².